The van der Waals surface area contributed by atoms with E-state index < -0.39 is 10.9 Å². The molecule has 130 valence electrons. The molecule has 0 aliphatic carbocycles. The third-order valence-electron chi connectivity index (χ3n) is 3.78. The number of hydrogen-bond donors (Lipinski definition) is 0. The van der Waals surface area contributed by atoms with Gasteiger partial charge in [-0.1, -0.05) is 42.5 Å². The molecule has 0 amide bonds. The van der Waals surface area contributed by atoms with Gasteiger partial charge >= 0.3 is 5.97 Å². The van der Waals surface area contributed by atoms with Crippen molar-refractivity contribution >= 4 is 23.4 Å². The number of nitro groups is 1. The number of ether oxygens (including phenoxy) is 1. The zero-order valence-corrected chi connectivity index (χ0v) is 14.7. The van der Waals surface area contributed by atoms with Crippen LogP contribution in [-0.4, -0.2) is 17.1 Å². The predicted molar refractivity (Wildman–Crippen MR) is 102 cm³/mol. The number of nitro benzene ring substituents is 1. The Morgan fingerprint density at radius 2 is 1.62 bits per heavy atom. The molecule has 0 bridgehead atoms. The van der Waals surface area contributed by atoms with E-state index in [4.69, 9.17) is 4.74 Å². The van der Waals surface area contributed by atoms with Crippen molar-refractivity contribution in [2.75, 3.05) is 6.26 Å². The first-order valence-corrected chi connectivity index (χ1v) is 9.01. The van der Waals surface area contributed by atoms with Crippen molar-refractivity contribution in [2.24, 2.45) is 0 Å². The van der Waals surface area contributed by atoms with E-state index in [2.05, 4.69) is 0 Å². The summed E-state index contributed by atoms with van der Waals surface area (Å²) in [4.78, 5) is 23.4. The Morgan fingerprint density at radius 1 is 0.962 bits per heavy atom. The summed E-state index contributed by atoms with van der Waals surface area (Å²) < 4.78 is 5.33. The van der Waals surface area contributed by atoms with Crippen LogP contribution in [0.3, 0.4) is 0 Å². The van der Waals surface area contributed by atoms with Crippen molar-refractivity contribution < 1.29 is 14.5 Å². The maximum Gasteiger partial charge on any atom is 0.343 e. The van der Waals surface area contributed by atoms with Crippen LogP contribution in [0.4, 0.5) is 5.69 Å². The summed E-state index contributed by atoms with van der Waals surface area (Å²) in [5.74, 6) is -0.250. The Bertz CT molecular complexity index is 940. The summed E-state index contributed by atoms with van der Waals surface area (Å²) >= 11 is 1.25. The van der Waals surface area contributed by atoms with Gasteiger partial charge in [0.15, 0.2) is 0 Å². The lowest BCUT2D eigenvalue weighted by atomic mass is 10.1. The fourth-order valence-corrected chi connectivity index (χ4v) is 3.02. The SMILES string of the molecule is CSc1ccc(C(=O)Oc2ccc(-c3ccccc3)cc2)cc1[N+](=O)[O-]. The number of esters is 1. The van der Waals surface area contributed by atoms with Gasteiger partial charge in [-0.2, -0.15) is 0 Å². The fourth-order valence-electron chi connectivity index (χ4n) is 2.47. The highest BCUT2D eigenvalue weighted by molar-refractivity contribution is 7.98. The molecule has 0 unspecified atom stereocenters. The summed E-state index contributed by atoms with van der Waals surface area (Å²) in [7, 11) is 0. The average Bonchev–Trinajstić information content (AvgIpc) is 2.68. The summed E-state index contributed by atoms with van der Waals surface area (Å²) in [6.45, 7) is 0. The van der Waals surface area contributed by atoms with Crippen molar-refractivity contribution in [3.8, 4) is 16.9 Å². The third kappa shape index (κ3) is 3.92. The molecular weight excluding hydrogens is 350 g/mol. The maximum atomic E-state index is 12.3. The van der Waals surface area contributed by atoms with Crippen LogP contribution < -0.4 is 4.74 Å². The molecule has 26 heavy (non-hydrogen) atoms. The molecule has 0 heterocycles. The Balaban J connectivity index is 1.78. The lowest BCUT2D eigenvalue weighted by Gasteiger charge is -2.07. The van der Waals surface area contributed by atoms with E-state index >= 15 is 0 Å². The molecule has 0 atom stereocenters. The van der Waals surface area contributed by atoms with Gasteiger partial charge in [0.2, 0.25) is 0 Å². The Hall–Kier alpha value is -3.12. The number of thioether (sulfide) groups is 1. The number of hydrogen-bond acceptors (Lipinski definition) is 5. The summed E-state index contributed by atoms with van der Waals surface area (Å²) in [5, 5.41) is 11.1. The minimum atomic E-state index is -0.631. The van der Waals surface area contributed by atoms with Crippen molar-refractivity contribution in [3.63, 3.8) is 0 Å². The topological polar surface area (TPSA) is 69.4 Å². The molecule has 0 fully saturated rings. The molecule has 5 nitrogen and oxygen atoms in total. The lowest BCUT2D eigenvalue weighted by Crippen LogP contribution is -2.09. The monoisotopic (exact) mass is 365 g/mol. The normalized spacial score (nSPS) is 10.3. The highest BCUT2D eigenvalue weighted by Gasteiger charge is 2.18. The van der Waals surface area contributed by atoms with E-state index in [0.29, 0.717) is 10.6 Å². The zero-order chi connectivity index (χ0) is 18.5. The highest BCUT2D eigenvalue weighted by atomic mass is 32.2. The van der Waals surface area contributed by atoms with Gasteiger partial charge in [-0.05, 0) is 41.6 Å². The second-order valence-corrected chi connectivity index (χ2v) is 6.27. The average molecular weight is 365 g/mol. The van der Waals surface area contributed by atoms with Gasteiger partial charge in [0, 0.05) is 6.07 Å². The number of carbonyl (C=O) groups is 1. The van der Waals surface area contributed by atoms with Gasteiger partial charge in [-0.3, -0.25) is 10.1 Å². The van der Waals surface area contributed by atoms with Gasteiger partial charge in [-0.15, -0.1) is 11.8 Å². The molecule has 3 aromatic carbocycles. The van der Waals surface area contributed by atoms with Crippen LogP contribution in [0.25, 0.3) is 11.1 Å². The van der Waals surface area contributed by atoms with E-state index in [-0.39, 0.29) is 11.3 Å². The molecule has 0 spiro atoms. The molecule has 0 saturated heterocycles. The van der Waals surface area contributed by atoms with Crippen molar-refractivity contribution in [3.05, 3.63) is 88.5 Å². The van der Waals surface area contributed by atoms with Gasteiger partial charge in [-0.25, -0.2) is 4.79 Å². The van der Waals surface area contributed by atoms with Gasteiger partial charge in [0.25, 0.3) is 5.69 Å². The first-order valence-electron chi connectivity index (χ1n) is 7.78. The Kier molecular flexibility index (Phi) is 5.34. The second-order valence-electron chi connectivity index (χ2n) is 5.42. The van der Waals surface area contributed by atoms with E-state index in [0.717, 1.165) is 11.1 Å². The van der Waals surface area contributed by atoms with Crippen LogP contribution in [0.2, 0.25) is 0 Å². The second kappa shape index (κ2) is 7.84. The molecule has 0 aliphatic rings. The first kappa shape index (κ1) is 17.7. The molecular formula is C20H15NO4S. The Morgan fingerprint density at radius 3 is 2.23 bits per heavy atom. The van der Waals surface area contributed by atoms with Crippen molar-refractivity contribution in [1.29, 1.82) is 0 Å². The zero-order valence-electron chi connectivity index (χ0n) is 13.9. The molecule has 0 saturated carbocycles. The highest BCUT2D eigenvalue weighted by Crippen LogP contribution is 2.29. The largest absolute Gasteiger partial charge is 0.423 e. The van der Waals surface area contributed by atoms with Gasteiger partial charge in [0.1, 0.15) is 5.75 Å². The molecule has 0 N–H and O–H groups in total. The van der Waals surface area contributed by atoms with Crippen LogP contribution in [0.15, 0.2) is 77.7 Å². The molecule has 3 rings (SSSR count). The van der Waals surface area contributed by atoms with Crippen LogP contribution in [0, 0.1) is 10.1 Å². The fraction of sp³-hybridized carbons (Fsp3) is 0.0500. The number of carbonyl (C=O) groups excluding carboxylic acids is 1. The van der Waals surface area contributed by atoms with E-state index in [1.54, 1.807) is 24.5 Å². The summed E-state index contributed by atoms with van der Waals surface area (Å²) in [6.07, 6.45) is 1.74. The van der Waals surface area contributed by atoms with Gasteiger partial charge < -0.3 is 4.74 Å². The van der Waals surface area contributed by atoms with Crippen molar-refractivity contribution in [2.45, 2.75) is 4.90 Å². The predicted octanol–water partition coefficient (Wildman–Crippen LogP) is 5.20. The summed E-state index contributed by atoms with van der Waals surface area (Å²) in [5.41, 5.74) is 2.10. The standard InChI is InChI=1S/C20H15NO4S/c1-26-19-12-9-16(13-18(19)21(23)24)20(22)25-17-10-7-15(8-11-17)14-5-3-2-4-6-14/h2-13H,1H3. The van der Waals surface area contributed by atoms with Crippen molar-refractivity contribution in [1.82, 2.24) is 0 Å². The van der Waals surface area contributed by atoms with Crippen LogP contribution in [0.1, 0.15) is 10.4 Å². The van der Waals surface area contributed by atoms with E-state index in [9.17, 15) is 14.9 Å². The molecule has 3 aromatic rings. The smallest absolute Gasteiger partial charge is 0.343 e. The minimum Gasteiger partial charge on any atom is -0.423 e. The van der Waals surface area contributed by atoms with E-state index in [1.165, 1.54) is 23.9 Å². The molecule has 0 radical (unpaired) electrons. The third-order valence-corrected chi connectivity index (χ3v) is 4.57. The molecule has 6 heteroatoms. The summed E-state index contributed by atoms with van der Waals surface area (Å²) in [6, 6.07) is 21.3. The number of rotatable bonds is 5. The maximum absolute atomic E-state index is 12.3. The van der Waals surface area contributed by atoms with E-state index in [1.807, 2.05) is 42.5 Å². The number of nitrogens with zero attached hydrogens (tertiary/aromatic N) is 1. The minimum absolute atomic E-state index is 0.105. The van der Waals surface area contributed by atoms with Crippen LogP contribution >= 0.6 is 11.8 Å². The molecule has 0 aromatic heterocycles. The quantitative estimate of drug-likeness (QED) is 0.204. The van der Waals surface area contributed by atoms with Gasteiger partial charge in [0.05, 0.1) is 15.4 Å². The molecule has 0 aliphatic heterocycles. The lowest BCUT2D eigenvalue weighted by molar-refractivity contribution is -0.387. The first-order chi connectivity index (χ1) is 12.6. The Labute approximate surface area is 154 Å². The van der Waals surface area contributed by atoms with Crippen LogP contribution in [-0.2, 0) is 0 Å². The van der Waals surface area contributed by atoms with Crippen LogP contribution in [0.5, 0.6) is 5.75 Å². The number of benzene rings is 3.